The van der Waals surface area contributed by atoms with E-state index in [0.29, 0.717) is 34.9 Å². The van der Waals surface area contributed by atoms with Crippen molar-refractivity contribution in [1.82, 2.24) is 4.98 Å². The first-order valence-electron chi connectivity index (χ1n) is 8.21. The van der Waals surface area contributed by atoms with Crippen molar-refractivity contribution in [2.75, 3.05) is 12.4 Å². The molecule has 1 amide bonds. The molecule has 2 aromatic carbocycles. The number of rotatable bonds is 6. The second kappa shape index (κ2) is 8.50. The lowest BCUT2D eigenvalue weighted by atomic mass is 10.1. The number of amides is 1. The first kappa shape index (κ1) is 18.0. The Hall–Kier alpha value is -3.85. The monoisotopic (exact) mass is 359 g/mol. The Labute approximate surface area is 157 Å². The number of carbonyl (C=O) groups excluding carboxylic acids is 1. The van der Waals surface area contributed by atoms with E-state index >= 15 is 0 Å². The van der Waals surface area contributed by atoms with Crippen molar-refractivity contribution in [3.63, 3.8) is 0 Å². The van der Waals surface area contributed by atoms with Crippen molar-refractivity contribution < 1.29 is 14.3 Å². The molecular formula is C21H17N3O3. The van der Waals surface area contributed by atoms with Crippen LogP contribution in [0.5, 0.6) is 11.5 Å². The maximum Gasteiger partial charge on any atom is 0.255 e. The molecule has 1 heterocycles. The Morgan fingerprint density at radius 1 is 1.15 bits per heavy atom. The molecule has 1 N–H and O–H groups in total. The van der Waals surface area contributed by atoms with Crippen LogP contribution in [0.1, 0.15) is 21.5 Å². The minimum Gasteiger partial charge on any atom is -0.493 e. The van der Waals surface area contributed by atoms with E-state index in [0.717, 1.165) is 5.56 Å². The normalized spacial score (nSPS) is 9.93. The third kappa shape index (κ3) is 4.61. The first-order valence-corrected chi connectivity index (χ1v) is 8.21. The highest BCUT2D eigenvalue weighted by molar-refractivity contribution is 6.04. The van der Waals surface area contributed by atoms with Gasteiger partial charge in [-0.2, -0.15) is 5.26 Å². The summed E-state index contributed by atoms with van der Waals surface area (Å²) in [6, 6.07) is 17.4. The largest absolute Gasteiger partial charge is 0.493 e. The highest BCUT2D eigenvalue weighted by Crippen LogP contribution is 2.31. The lowest BCUT2D eigenvalue weighted by Crippen LogP contribution is -2.12. The van der Waals surface area contributed by atoms with Gasteiger partial charge in [0.2, 0.25) is 0 Å². The molecule has 3 aromatic rings. The van der Waals surface area contributed by atoms with E-state index in [4.69, 9.17) is 14.7 Å². The minimum atomic E-state index is -0.310. The molecule has 0 saturated heterocycles. The zero-order valence-electron chi connectivity index (χ0n) is 14.7. The second-order valence-corrected chi connectivity index (χ2v) is 5.66. The fourth-order valence-electron chi connectivity index (χ4n) is 2.45. The van der Waals surface area contributed by atoms with Crippen LogP contribution in [0.15, 0.2) is 67.0 Å². The van der Waals surface area contributed by atoms with E-state index in [1.54, 1.807) is 62.0 Å². The molecule has 0 unspecified atom stereocenters. The van der Waals surface area contributed by atoms with Gasteiger partial charge >= 0.3 is 0 Å². The first-order chi connectivity index (χ1) is 13.2. The Morgan fingerprint density at radius 2 is 2.04 bits per heavy atom. The standard InChI is InChI=1S/C21H17N3O3/c1-26-19-8-7-18(11-20(19)27-14-16-5-3-9-23-13-16)24-21(25)17-6-2-4-15(10-17)12-22/h2-11,13H,14H2,1H3,(H,24,25). The van der Waals surface area contributed by atoms with Crippen LogP contribution < -0.4 is 14.8 Å². The minimum absolute atomic E-state index is 0.310. The van der Waals surface area contributed by atoms with Gasteiger partial charge in [-0.1, -0.05) is 12.1 Å². The fraction of sp³-hybridized carbons (Fsp3) is 0.0952. The molecule has 6 nitrogen and oxygen atoms in total. The highest BCUT2D eigenvalue weighted by atomic mass is 16.5. The fourth-order valence-corrected chi connectivity index (χ4v) is 2.45. The number of hydrogen-bond donors (Lipinski definition) is 1. The number of nitrogens with one attached hydrogen (secondary N) is 1. The zero-order valence-corrected chi connectivity index (χ0v) is 14.7. The number of pyridine rings is 1. The third-order valence-electron chi connectivity index (χ3n) is 3.79. The van der Waals surface area contributed by atoms with Crippen LogP contribution in [-0.4, -0.2) is 18.0 Å². The maximum absolute atomic E-state index is 12.4. The van der Waals surface area contributed by atoms with Gasteiger partial charge in [-0.25, -0.2) is 0 Å². The Morgan fingerprint density at radius 3 is 2.78 bits per heavy atom. The van der Waals surface area contributed by atoms with Gasteiger partial charge in [0.05, 0.1) is 18.7 Å². The van der Waals surface area contributed by atoms with E-state index in [1.807, 2.05) is 18.2 Å². The Bertz CT molecular complexity index is 981. The molecule has 0 atom stereocenters. The molecule has 0 bridgehead atoms. The summed E-state index contributed by atoms with van der Waals surface area (Å²) in [5.41, 5.74) is 2.31. The number of anilines is 1. The van der Waals surface area contributed by atoms with E-state index in [1.165, 1.54) is 0 Å². The number of aromatic nitrogens is 1. The SMILES string of the molecule is COc1ccc(NC(=O)c2cccc(C#N)c2)cc1OCc1cccnc1. The maximum atomic E-state index is 12.4. The zero-order chi connectivity index (χ0) is 19.1. The molecule has 0 saturated carbocycles. The summed E-state index contributed by atoms with van der Waals surface area (Å²) < 4.78 is 11.1. The lowest BCUT2D eigenvalue weighted by molar-refractivity contribution is 0.102. The number of hydrogen-bond acceptors (Lipinski definition) is 5. The molecule has 0 radical (unpaired) electrons. The van der Waals surface area contributed by atoms with Crippen molar-refractivity contribution in [2.45, 2.75) is 6.61 Å². The van der Waals surface area contributed by atoms with Gasteiger partial charge < -0.3 is 14.8 Å². The summed E-state index contributed by atoms with van der Waals surface area (Å²) in [6.07, 6.45) is 3.42. The van der Waals surface area contributed by atoms with Crippen LogP contribution in [0.2, 0.25) is 0 Å². The van der Waals surface area contributed by atoms with Crippen LogP contribution >= 0.6 is 0 Å². The lowest BCUT2D eigenvalue weighted by Gasteiger charge is -2.13. The molecule has 6 heteroatoms. The summed E-state index contributed by atoms with van der Waals surface area (Å²) in [6.45, 7) is 0.325. The predicted molar refractivity (Wildman–Crippen MR) is 101 cm³/mol. The van der Waals surface area contributed by atoms with Gasteiger partial charge in [-0.3, -0.25) is 9.78 Å². The summed E-state index contributed by atoms with van der Waals surface area (Å²) >= 11 is 0. The van der Waals surface area contributed by atoms with Crippen LogP contribution in [-0.2, 0) is 6.61 Å². The number of ether oxygens (including phenoxy) is 2. The molecule has 0 spiro atoms. The Balaban J connectivity index is 1.76. The van der Waals surface area contributed by atoms with Gasteiger partial charge in [0.15, 0.2) is 11.5 Å². The van der Waals surface area contributed by atoms with Crippen LogP contribution in [0.4, 0.5) is 5.69 Å². The average Bonchev–Trinajstić information content (AvgIpc) is 2.73. The van der Waals surface area contributed by atoms with Gasteiger partial charge in [0.25, 0.3) is 5.91 Å². The van der Waals surface area contributed by atoms with E-state index in [2.05, 4.69) is 10.3 Å². The average molecular weight is 359 g/mol. The molecule has 0 aliphatic heterocycles. The van der Waals surface area contributed by atoms with Gasteiger partial charge in [0.1, 0.15) is 6.61 Å². The molecular weight excluding hydrogens is 342 g/mol. The van der Waals surface area contributed by atoms with E-state index in [-0.39, 0.29) is 5.91 Å². The topological polar surface area (TPSA) is 84.2 Å². The third-order valence-corrected chi connectivity index (χ3v) is 3.79. The summed E-state index contributed by atoms with van der Waals surface area (Å²) in [4.78, 5) is 16.5. The molecule has 3 rings (SSSR count). The van der Waals surface area contributed by atoms with Crippen molar-refractivity contribution in [1.29, 1.82) is 5.26 Å². The van der Waals surface area contributed by atoms with Crippen LogP contribution in [0.25, 0.3) is 0 Å². The second-order valence-electron chi connectivity index (χ2n) is 5.66. The number of nitriles is 1. The predicted octanol–water partition coefficient (Wildman–Crippen LogP) is 3.79. The van der Waals surface area contributed by atoms with E-state index < -0.39 is 0 Å². The van der Waals surface area contributed by atoms with Crippen LogP contribution in [0, 0.1) is 11.3 Å². The molecule has 134 valence electrons. The van der Waals surface area contributed by atoms with Gasteiger partial charge in [-0.15, -0.1) is 0 Å². The van der Waals surface area contributed by atoms with Gasteiger partial charge in [0, 0.05) is 35.3 Å². The number of benzene rings is 2. The molecule has 27 heavy (non-hydrogen) atoms. The molecule has 0 fully saturated rings. The molecule has 1 aromatic heterocycles. The van der Waals surface area contributed by atoms with Crippen molar-refractivity contribution in [2.24, 2.45) is 0 Å². The number of nitrogens with zero attached hydrogens (tertiary/aromatic N) is 2. The summed E-state index contributed by atoms with van der Waals surface area (Å²) in [7, 11) is 1.55. The quantitative estimate of drug-likeness (QED) is 0.724. The summed E-state index contributed by atoms with van der Waals surface area (Å²) in [5.74, 6) is 0.753. The smallest absolute Gasteiger partial charge is 0.255 e. The van der Waals surface area contributed by atoms with E-state index in [9.17, 15) is 4.79 Å². The molecule has 0 aliphatic rings. The van der Waals surface area contributed by atoms with Crippen molar-refractivity contribution >= 4 is 11.6 Å². The van der Waals surface area contributed by atoms with Crippen LogP contribution in [0.3, 0.4) is 0 Å². The van der Waals surface area contributed by atoms with Gasteiger partial charge in [-0.05, 0) is 36.4 Å². The number of methoxy groups -OCH3 is 1. The number of carbonyl (C=O) groups is 1. The van der Waals surface area contributed by atoms with Crippen molar-refractivity contribution in [3.8, 4) is 17.6 Å². The highest BCUT2D eigenvalue weighted by Gasteiger charge is 2.11. The summed E-state index contributed by atoms with van der Waals surface area (Å²) in [5, 5.41) is 11.8. The Kier molecular flexibility index (Phi) is 5.65. The molecule has 0 aliphatic carbocycles. The van der Waals surface area contributed by atoms with Crippen molar-refractivity contribution in [3.05, 3.63) is 83.7 Å².